The number of rotatable bonds is 3. The molecule has 0 radical (unpaired) electrons. The van der Waals surface area contributed by atoms with Gasteiger partial charge in [0.1, 0.15) is 0 Å². The van der Waals surface area contributed by atoms with Crippen molar-refractivity contribution in [3.05, 3.63) is 28.8 Å². The molecule has 1 aromatic rings. The molecule has 1 saturated carbocycles. The van der Waals surface area contributed by atoms with Crippen LogP contribution in [0.25, 0.3) is 0 Å². The molecule has 0 N–H and O–H groups in total. The van der Waals surface area contributed by atoms with Gasteiger partial charge >= 0.3 is 0 Å². The van der Waals surface area contributed by atoms with Crippen molar-refractivity contribution in [1.29, 1.82) is 0 Å². The van der Waals surface area contributed by atoms with Crippen LogP contribution in [0.4, 0.5) is 0 Å². The molecular formula is C13H14ClNOS. The van der Waals surface area contributed by atoms with Crippen molar-refractivity contribution >= 4 is 29.4 Å². The molecule has 1 aliphatic rings. The molecule has 1 fully saturated rings. The predicted octanol–water partition coefficient (Wildman–Crippen LogP) is 4.17. The highest BCUT2D eigenvalue weighted by atomic mass is 35.5. The number of thioether (sulfide) groups is 1. The van der Waals surface area contributed by atoms with E-state index in [9.17, 15) is 4.79 Å². The van der Waals surface area contributed by atoms with E-state index in [2.05, 4.69) is 11.1 Å². The number of aliphatic imine (C=N–C) groups is 1. The fourth-order valence-electron chi connectivity index (χ4n) is 2.46. The van der Waals surface area contributed by atoms with Crippen molar-refractivity contribution in [2.75, 3.05) is 6.26 Å². The van der Waals surface area contributed by atoms with Crippen molar-refractivity contribution in [2.45, 2.75) is 36.1 Å². The summed E-state index contributed by atoms with van der Waals surface area (Å²) in [4.78, 5) is 15.8. The van der Waals surface area contributed by atoms with E-state index in [1.165, 1.54) is 0 Å². The van der Waals surface area contributed by atoms with Crippen molar-refractivity contribution in [3.63, 3.8) is 0 Å². The summed E-state index contributed by atoms with van der Waals surface area (Å²) >= 11 is 7.76. The maximum absolute atomic E-state index is 10.6. The third-order valence-corrected chi connectivity index (χ3v) is 4.26. The lowest BCUT2D eigenvalue weighted by atomic mass is 9.89. The summed E-state index contributed by atoms with van der Waals surface area (Å²) in [7, 11) is 0. The fraction of sp³-hybridized carbons (Fsp3) is 0.462. The Balaban J connectivity index is 2.49. The Labute approximate surface area is 110 Å². The van der Waals surface area contributed by atoms with Gasteiger partial charge in [-0.25, -0.2) is 4.79 Å². The van der Waals surface area contributed by atoms with E-state index in [1.54, 1.807) is 17.8 Å². The van der Waals surface area contributed by atoms with E-state index < -0.39 is 0 Å². The maximum atomic E-state index is 10.6. The Hall–Kier alpha value is -0.760. The van der Waals surface area contributed by atoms with Gasteiger partial charge in [-0.15, -0.1) is 11.8 Å². The average Bonchev–Trinajstić information content (AvgIpc) is 2.78. The first-order valence-electron chi connectivity index (χ1n) is 5.64. The van der Waals surface area contributed by atoms with Gasteiger partial charge in [-0.2, -0.15) is 4.99 Å². The minimum absolute atomic E-state index is 0.378. The zero-order valence-electron chi connectivity index (χ0n) is 9.70. The Morgan fingerprint density at radius 2 is 2.06 bits per heavy atom. The lowest BCUT2D eigenvalue weighted by molar-refractivity contribution is 0.455. The topological polar surface area (TPSA) is 29.4 Å². The number of isocyanates is 1. The second-order valence-electron chi connectivity index (χ2n) is 4.32. The number of benzene rings is 1. The van der Waals surface area contributed by atoms with Crippen LogP contribution in [-0.2, 0) is 10.3 Å². The Bertz CT molecular complexity index is 462. The molecule has 1 aliphatic carbocycles. The quantitative estimate of drug-likeness (QED) is 0.467. The Morgan fingerprint density at radius 1 is 1.35 bits per heavy atom. The first kappa shape index (κ1) is 12.7. The molecule has 2 rings (SSSR count). The highest BCUT2D eigenvalue weighted by Gasteiger charge is 2.36. The third-order valence-electron chi connectivity index (χ3n) is 3.33. The summed E-state index contributed by atoms with van der Waals surface area (Å²) in [5, 5.41) is 0.708. The highest BCUT2D eigenvalue weighted by Crippen LogP contribution is 2.43. The van der Waals surface area contributed by atoms with Gasteiger partial charge in [-0.3, -0.25) is 0 Å². The van der Waals surface area contributed by atoms with Crippen LogP contribution in [0.5, 0.6) is 0 Å². The second kappa shape index (κ2) is 5.26. The normalized spacial score (nSPS) is 17.8. The van der Waals surface area contributed by atoms with Crippen molar-refractivity contribution in [1.82, 2.24) is 0 Å². The largest absolute Gasteiger partial charge is 0.235 e. The molecule has 1 aromatic carbocycles. The molecule has 0 heterocycles. The zero-order chi connectivity index (χ0) is 12.3. The first-order valence-corrected chi connectivity index (χ1v) is 7.24. The van der Waals surface area contributed by atoms with Gasteiger partial charge in [-0.1, -0.05) is 24.4 Å². The van der Waals surface area contributed by atoms with Crippen molar-refractivity contribution < 1.29 is 4.79 Å². The molecule has 0 atom stereocenters. The SMILES string of the molecule is CSc1cc(Cl)cc(C2(N=C=O)CCCC2)c1. The summed E-state index contributed by atoms with van der Waals surface area (Å²) in [5.74, 6) is 0. The summed E-state index contributed by atoms with van der Waals surface area (Å²) < 4.78 is 0. The fourth-order valence-corrected chi connectivity index (χ4v) is 3.25. The molecule has 0 amide bonds. The van der Waals surface area contributed by atoms with Crippen LogP contribution in [0, 0.1) is 0 Å². The van der Waals surface area contributed by atoms with Gasteiger partial charge < -0.3 is 0 Å². The molecule has 0 bridgehead atoms. The molecule has 0 aromatic heterocycles. The Kier molecular flexibility index (Phi) is 3.93. The minimum atomic E-state index is -0.378. The molecule has 0 aliphatic heterocycles. The highest BCUT2D eigenvalue weighted by molar-refractivity contribution is 7.98. The van der Waals surface area contributed by atoms with E-state index in [1.807, 2.05) is 18.4 Å². The van der Waals surface area contributed by atoms with E-state index in [-0.39, 0.29) is 5.54 Å². The standard InChI is InChI=1S/C13H14ClNOS/c1-17-12-7-10(6-11(14)8-12)13(15-9-16)4-2-3-5-13/h6-8H,2-5H2,1H3. The van der Waals surface area contributed by atoms with Gasteiger partial charge in [0.25, 0.3) is 0 Å². The van der Waals surface area contributed by atoms with Gasteiger partial charge in [0.2, 0.25) is 6.08 Å². The third kappa shape index (κ3) is 2.57. The number of halogens is 1. The molecule has 0 saturated heterocycles. The zero-order valence-corrected chi connectivity index (χ0v) is 11.3. The van der Waals surface area contributed by atoms with Crippen LogP contribution in [-0.4, -0.2) is 12.3 Å². The van der Waals surface area contributed by atoms with Crippen molar-refractivity contribution in [2.24, 2.45) is 4.99 Å². The number of hydrogen-bond acceptors (Lipinski definition) is 3. The summed E-state index contributed by atoms with van der Waals surface area (Å²) in [6, 6.07) is 5.94. The summed E-state index contributed by atoms with van der Waals surface area (Å²) in [6.45, 7) is 0. The summed E-state index contributed by atoms with van der Waals surface area (Å²) in [6.07, 6.45) is 7.78. The van der Waals surface area contributed by atoms with E-state index in [0.717, 1.165) is 36.1 Å². The molecule has 2 nitrogen and oxygen atoms in total. The Morgan fingerprint density at radius 3 is 2.65 bits per heavy atom. The second-order valence-corrected chi connectivity index (χ2v) is 5.64. The van der Waals surface area contributed by atoms with Crippen LogP contribution in [0.3, 0.4) is 0 Å². The van der Waals surface area contributed by atoms with Crippen LogP contribution < -0.4 is 0 Å². The lowest BCUT2D eigenvalue weighted by Gasteiger charge is -2.23. The van der Waals surface area contributed by atoms with Gasteiger partial charge in [0.05, 0.1) is 5.54 Å². The predicted molar refractivity (Wildman–Crippen MR) is 71.5 cm³/mol. The number of carbonyl (C=O) groups excluding carboxylic acids is 1. The molecule has 4 heteroatoms. The van der Waals surface area contributed by atoms with Crippen molar-refractivity contribution in [3.8, 4) is 0 Å². The number of hydrogen-bond donors (Lipinski definition) is 0. The molecule has 0 unspecified atom stereocenters. The van der Waals surface area contributed by atoms with Gasteiger partial charge in [0.15, 0.2) is 0 Å². The molecule has 0 spiro atoms. The van der Waals surface area contributed by atoms with Crippen LogP contribution in [0.15, 0.2) is 28.1 Å². The van der Waals surface area contributed by atoms with Gasteiger partial charge in [0, 0.05) is 9.92 Å². The van der Waals surface area contributed by atoms with Crippen LogP contribution >= 0.6 is 23.4 Å². The van der Waals surface area contributed by atoms with Crippen LogP contribution in [0.1, 0.15) is 31.2 Å². The van der Waals surface area contributed by atoms with E-state index in [0.29, 0.717) is 5.02 Å². The monoisotopic (exact) mass is 267 g/mol. The van der Waals surface area contributed by atoms with E-state index >= 15 is 0 Å². The maximum Gasteiger partial charge on any atom is 0.235 e. The first-order chi connectivity index (χ1) is 8.20. The molecule has 17 heavy (non-hydrogen) atoms. The number of nitrogens with zero attached hydrogens (tertiary/aromatic N) is 1. The minimum Gasteiger partial charge on any atom is -0.211 e. The average molecular weight is 268 g/mol. The smallest absolute Gasteiger partial charge is 0.211 e. The van der Waals surface area contributed by atoms with E-state index in [4.69, 9.17) is 11.6 Å². The molecular weight excluding hydrogens is 254 g/mol. The molecule has 90 valence electrons. The lowest BCUT2D eigenvalue weighted by Crippen LogP contribution is -2.18. The van der Waals surface area contributed by atoms with Crippen LogP contribution in [0.2, 0.25) is 5.02 Å². The van der Waals surface area contributed by atoms with Gasteiger partial charge in [-0.05, 0) is 42.9 Å². The summed E-state index contributed by atoms with van der Waals surface area (Å²) in [5.41, 5.74) is 0.673.